The molecule has 5 heteroatoms. The van der Waals surface area contributed by atoms with E-state index in [9.17, 15) is 0 Å². The van der Waals surface area contributed by atoms with E-state index in [0.29, 0.717) is 5.41 Å². The first kappa shape index (κ1) is 11.5. The smallest absolute Gasteiger partial charge is 0.167 e. The lowest BCUT2D eigenvalue weighted by molar-refractivity contribution is 0.349. The van der Waals surface area contributed by atoms with E-state index in [4.69, 9.17) is 0 Å². The van der Waals surface area contributed by atoms with Crippen molar-refractivity contribution in [2.24, 2.45) is 5.41 Å². The lowest BCUT2D eigenvalue weighted by atomic mass is 10.0. The monoisotopic (exact) mass is 223 g/mol. The van der Waals surface area contributed by atoms with Crippen molar-refractivity contribution < 1.29 is 0 Å². The molecule has 16 heavy (non-hydrogen) atoms. The van der Waals surface area contributed by atoms with Crippen molar-refractivity contribution in [3.05, 3.63) is 5.82 Å². The molecular weight excluding hydrogens is 202 g/mol. The lowest BCUT2D eigenvalue weighted by Crippen LogP contribution is -2.21. The normalized spacial score (nSPS) is 19.7. The Kier molecular flexibility index (Phi) is 3.23. The predicted octanol–water partition coefficient (Wildman–Crippen LogP) is 1.53. The largest absolute Gasteiger partial charge is 0.311 e. The number of hydrogen-bond donors (Lipinski definition) is 1. The zero-order chi connectivity index (χ0) is 11.6. The van der Waals surface area contributed by atoms with Gasteiger partial charge in [0.15, 0.2) is 5.82 Å². The molecule has 90 valence electrons. The van der Waals surface area contributed by atoms with Crippen molar-refractivity contribution in [3.63, 3.8) is 0 Å². The summed E-state index contributed by atoms with van der Waals surface area (Å²) in [6.07, 6.45) is 5.20. The van der Waals surface area contributed by atoms with Gasteiger partial charge in [-0.2, -0.15) is 0 Å². The molecular formula is C11H21N5. The molecule has 1 unspecified atom stereocenters. The SMILES string of the molecule is CCCC1(Cn2nnnc2C(C)NC)CC1. The highest BCUT2D eigenvalue weighted by Gasteiger charge is 2.42. The third-order valence-corrected chi connectivity index (χ3v) is 3.60. The zero-order valence-electron chi connectivity index (χ0n) is 10.4. The van der Waals surface area contributed by atoms with E-state index in [0.717, 1.165) is 12.4 Å². The molecule has 1 aromatic heterocycles. The van der Waals surface area contributed by atoms with Crippen LogP contribution in [0.25, 0.3) is 0 Å². The van der Waals surface area contributed by atoms with Crippen molar-refractivity contribution in [3.8, 4) is 0 Å². The van der Waals surface area contributed by atoms with Gasteiger partial charge in [0.1, 0.15) is 0 Å². The van der Waals surface area contributed by atoms with E-state index in [1.807, 2.05) is 11.7 Å². The van der Waals surface area contributed by atoms with Crippen LogP contribution in [0.5, 0.6) is 0 Å². The first-order chi connectivity index (χ1) is 7.71. The van der Waals surface area contributed by atoms with Gasteiger partial charge >= 0.3 is 0 Å². The fourth-order valence-electron chi connectivity index (χ4n) is 2.28. The molecule has 1 heterocycles. The highest BCUT2D eigenvalue weighted by Crippen LogP contribution is 2.50. The van der Waals surface area contributed by atoms with Crippen LogP contribution in [0, 0.1) is 5.41 Å². The van der Waals surface area contributed by atoms with Gasteiger partial charge in [0.25, 0.3) is 0 Å². The van der Waals surface area contributed by atoms with Crippen LogP contribution in [0.3, 0.4) is 0 Å². The fourth-order valence-corrected chi connectivity index (χ4v) is 2.28. The average molecular weight is 223 g/mol. The fraction of sp³-hybridized carbons (Fsp3) is 0.909. The number of hydrogen-bond acceptors (Lipinski definition) is 4. The molecule has 0 amide bonds. The summed E-state index contributed by atoms with van der Waals surface area (Å²) >= 11 is 0. The highest BCUT2D eigenvalue weighted by molar-refractivity contribution is 4.96. The Bertz CT molecular complexity index is 342. The molecule has 1 atom stereocenters. The molecule has 1 N–H and O–H groups in total. The maximum Gasteiger partial charge on any atom is 0.167 e. The van der Waals surface area contributed by atoms with Gasteiger partial charge in [0, 0.05) is 0 Å². The second-order valence-electron chi connectivity index (χ2n) is 4.96. The first-order valence-electron chi connectivity index (χ1n) is 6.14. The molecule has 0 spiro atoms. The standard InChI is InChI=1S/C11H21N5/c1-4-5-11(6-7-11)8-16-10(9(2)12-3)13-14-15-16/h9,12H,4-8H2,1-3H3. The number of tetrazole rings is 1. The minimum Gasteiger partial charge on any atom is -0.311 e. The second-order valence-corrected chi connectivity index (χ2v) is 4.96. The molecule has 0 aliphatic heterocycles. The van der Waals surface area contributed by atoms with Crippen molar-refractivity contribution in [1.82, 2.24) is 25.5 Å². The molecule has 0 radical (unpaired) electrons. The molecule has 0 bridgehead atoms. The van der Waals surface area contributed by atoms with Crippen molar-refractivity contribution in [1.29, 1.82) is 0 Å². The Hall–Kier alpha value is -0.970. The summed E-state index contributed by atoms with van der Waals surface area (Å²) in [7, 11) is 1.93. The van der Waals surface area contributed by atoms with Crippen molar-refractivity contribution in [2.45, 2.75) is 52.1 Å². The molecule has 0 aromatic carbocycles. The number of rotatable bonds is 6. The van der Waals surface area contributed by atoms with Gasteiger partial charge in [-0.25, -0.2) is 4.68 Å². The van der Waals surface area contributed by atoms with Crippen LogP contribution in [0.15, 0.2) is 0 Å². The first-order valence-corrected chi connectivity index (χ1v) is 6.14. The van der Waals surface area contributed by atoms with Crippen molar-refractivity contribution >= 4 is 0 Å². The molecule has 0 saturated heterocycles. The van der Waals surface area contributed by atoms with Crippen LogP contribution < -0.4 is 5.32 Å². The third-order valence-electron chi connectivity index (χ3n) is 3.60. The quantitative estimate of drug-likeness (QED) is 0.794. The Balaban J connectivity index is 2.07. The van der Waals surface area contributed by atoms with Crippen LogP contribution in [-0.4, -0.2) is 27.3 Å². The Morgan fingerprint density at radius 2 is 2.25 bits per heavy atom. The van der Waals surface area contributed by atoms with Crippen LogP contribution in [0.4, 0.5) is 0 Å². The van der Waals surface area contributed by atoms with Crippen LogP contribution in [0.1, 0.15) is 51.4 Å². The molecule has 5 nitrogen and oxygen atoms in total. The van der Waals surface area contributed by atoms with E-state index in [2.05, 4.69) is 34.7 Å². The summed E-state index contributed by atoms with van der Waals surface area (Å²) in [5.41, 5.74) is 0.492. The molecule has 1 aromatic rings. The van der Waals surface area contributed by atoms with Gasteiger partial charge in [-0.05, 0) is 49.1 Å². The molecule has 1 aliphatic rings. The number of nitrogens with one attached hydrogen (secondary N) is 1. The molecule has 2 rings (SSSR count). The Morgan fingerprint density at radius 1 is 1.50 bits per heavy atom. The van der Waals surface area contributed by atoms with Gasteiger partial charge in [-0.15, -0.1) is 5.10 Å². The van der Waals surface area contributed by atoms with Gasteiger partial charge in [0.2, 0.25) is 0 Å². The summed E-state index contributed by atoms with van der Waals surface area (Å²) in [5.74, 6) is 0.949. The number of aromatic nitrogens is 4. The summed E-state index contributed by atoms with van der Waals surface area (Å²) in [5, 5.41) is 15.2. The van der Waals surface area contributed by atoms with E-state index in [1.165, 1.54) is 25.7 Å². The maximum absolute atomic E-state index is 4.11. The number of nitrogens with zero attached hydrogens (tertiary/aromatic N) is 4. The summed E-state index contributed by atoms with van der Waals surface area (Å²) in [6.45, 7) is 5.31. The van der Waals surface area contributed by atoms with Gasteiger partial charge in [-0.1, -0.05) is 13.3 Å². The highest BCUT2D eigenvalue weighted by atomic mass is 15.5. The van der Waals surface area contributed by atoms with Crippen molar-refractivity contribution in [2.75, 3.05) is 7.05 Å². The van der Waals surface area contributed by atoms with Crippen LogP contribution >= 0.6 is 0 Å². The van der Waals surface area contributed by atoms with E-state index >= 15 is 0 Å². The Labute approximate surface area is 96.6 Å². The Morgan fingerprint density at radius 3 is 2.81 bits per heavy atom. The van der Waals surface area contributed by atoms with Crippen LogP contribution in [0.2, 0.25) is 0 Å². The molecule has 1 saturated carbocycles. The third kappa shape index (κ3) is 2.24. The molecule has 1 fully saturated rings. The minimum absolute atomic E-state index is 0.215. The van der Waals surface area contributed by atoms with Crippen LogP contribution in [-0.2, 0) is 6.54 Å². The van der Waals surface area contributed by atoms with Gasteiger partial charge < -0.3 is 5.32 Å². The van der Waals surface area contributed by atoms with E-state index in [-0.39, 0.29) is 6.04 Å². The lowest BCUT2D eigenvalue weighted by Gasteiger charge is -2.16. The van der Waals surface area contributed by atoms with E-state index in [1.54, 1.807) is 0 Å². The van der Waals surface area contributed by atoms with E-state index < -0.39 is 0 Å². The molecule has 1 aliphatic carbocycles. The maximum atomic E-state index is 4.11. The zero-order valence-corrected chi connectivity index (χ0v) is 10.4. The summed E-state index contributed by atoms with van der Waals surface area (Å²) < 4.78 is 1.98. The predicted molar refractivity (Wildman–Crippen MR) is 61.9 cm³/mol. The second kappa shape index (κ2) is 4.49. The summed E-state index contributed by atoms with van der Waals surface area (Å²) in [6, 6.07) is 0.215. The average Bonchev–Trinajstić information content (AvgIpc) is 2.87. The van der Waals surface area contributed by atoms with Gasteiger partial charge in [-0.3, -0.25) is 0 Å². The topological polar surface area (TPSA) is 55.6 Å². The summed E-state index contributed by atoms with van der Waals surface area (Å²) in [4.78, 5) is 0. The minimum atomic E-state index is 0.215. The van der Waals surface area contributed by atoms with Gasteiger partial charge in [0.05, 0.1) is 12.6 Å².